The van der Waals surface area contributed by atoms with Crippen molar-refractivity contribution < 1.29 is 56.1 Å². The van der Waals surface area contributed by atoms with Crippen molar-refractivity contribution in [2.24, 2.45) is 22.2 Å². The molecule has 0 saturated carbocycles. The molecule has 55 heavy (non-hydrogen) atoms. The predicted molar refractivity (Wildman–Crippen MR) is 204 cm³/mol. The molecular formula is C35H62F3N7O9S. The largest absolute Gasteiger partial charge is 0.481 e. The molecule has 0 aliphatic carbocycles. The molecule has 1 aromatic carbocycles. The molecule has 0 bridgehead atoms. The predicted octanol–water partition coefficient (Wildman–Crippen LogP) is 3.68. The molecule has 10 N–H and O–H groups in total. The van der Waals surface area contributed by atoms with E-state index in [9.17, 15) is 26.4 Å². The lowest BCUT2D eigenvalue weighted by Gasteiger charge is -2.36. The molecule has 1 saturated heterocycles. The molecule has 16 nitrogen and oxygen atoms in total. The summed E-state index contributed by atoms with van der Waals surface area (Å²) >= 11 is 0. The number of carboxylic acids is 3. The quantitative estimate of drug-likeness (QED) is 0.0563. The Kier molecular flexibility index (Phi) is 29.2. The number of nitrogens with zero attached hydrogens (tertiary/aromatic N) is 3. The van der Waals surface area contributed by atoms with E-state index in [1.165, 1.54) is 51.4 Å². The monoisotopic (exact) mass is 813 g/mol. The first-order chi connectivity index (χ1) is 25.6. The van der Waals surface area contributed by atoms with Gasteiger partial charge in [-0.15, -0.1) is 0 Å². The minimum Gasteiger partial charge on any atom is -0.481 e. The summed E-state index contributed by atoms with van der Waals surface area (Å²) in [5.74, 6) is -3.04. The number of carbonyl (C=O) groups excluding carboxylic acids is 1. The fraction of sp³-hybridized carbons (Fsp3) is 0.686. The van der Waals surface area contributed by atoms with E-state index in [1.807, 2.05) is 0 Å². The number of carbonyl (C=O) groups is 4. The van der Waals surface area contributed by atoms with Crippen molar-refractivity contribution in [3.63, 3.8) is 0 Å². The van der Waals surface area contributed by atoms with Gasteiger partial charge in [-0.3, -0.25) is 29.1 Å². The summed E-state index contributed by atoms with van der Waals surface area (Å²) in [5.41, 5.74) is 15.1. The zero-order valence-electron chi connectivity index (χ0n) is 32.2. The van der Waals surface area contributed by atoms with Gasteiger partial charge in [0.2, 0.25) is 15.9 Å². The van der Waals surface area contributed by atoms with Crippen molar-refractivity contribution in [2.45, 2.75) is 115 Å². The van der Waals surface area contributed by atoms with Gasteiger partial charge in [-0.1, -0.05) is 57.4 Å². The lowest BCUT2D eigenvalue weighted by Crippen LogP contribution is -2.55. The van der Waals surface area contributed by atoms with Crippen LogP contribution in [0.3, 0.4) is 0 Å². The van der Waals surface area contributed by atoms with Crippen LogP contribution in [-0.2, 0) is 35.4 Å². The molecule has 1 fully saturated rings. The van der Waals surface area contributed by atoms with Gasteiger partial charge in [-0.2, -0.15) is 17.9 Å². The van der Waals surface area contributed by atoms with E-state index >= 15 is 0 Å². The first kappa shape index (κ1) is 53.1. The van der Waals surface area contributed by atoms with Crippen LogP contribution in [0.15, 0.2) is 34.2 Å². The highest BCUT2D eigenvalue weighted by Crippen LogP contribution is 2.30. The minimum absolute atomic E-state index is 0.0850. The van der Waals surface area contributed by atoms with Gasteiger partial charge >= 0.3 is 6.18 Å². The van der Waals surface area contributed by atoms with E-state index < -0.39 is 56.5 Å². The maximum atomic E-state index is 13.4. The van der Waals surface area contributed by atoms with Crippen LogP contribution in [-0.4, -0.2) is 115 Å². The van der Waals surface area contributed by atoms with Crippen LogP contribution in [0.5, 0.6) is 0 Å². The second kappa shape index (κ2) is 30.2. The molecule has 0 spiro atoms. The minimum atomic E-state index is -4.70. The fourth-order valence-electron chi connectivity index (χ4n) is 5.14. The maximum Gasteiger partial charge on any atom is 0.416 e. The van der Waals surface area contributed by atoms with Gasteiger partial charge in [0.25, 0.3) is 17.9 Å². The van der Waals surface area contributed by atoms with Gasteiger partial charge in [0.1, 0.15) is 6.04 Å². The number of alkyl halides is 3. The summed E-state index contributed by atoms with van der Waals surface area (Å²) in [4.78, 5) is 47.7. The summed E-state index contributed by atoms with van der Waals surface area (Å²) in [6.07, 6.45) is 7.86. The molecule has 1 amide bonds. The molecule has 0 aromatic heterocycles. The number of unbranched alkanes of at least 4 members (excludes halogenated alkanes) is 9. The van der Waals surface area contributed by atoms with Crippen LogP contribution in [0.2, 0.25) is 0 Å². The Morgan fingerprint density at radius 2 is 1.25 bits per heavy atom. The van der Waals surface area contributed by atoms with Gasteiger partial charge in [0.05, 0.1) is 10.5 Å². The highest BCUT2D eigenvalue weighted by molar-refractivity contribution is 7.89. The van der Waals surface area contributed by atoms with Crippen LogP contribution in [0, 0.1) is 0 Å². The van der Waals surface area contributed by atoms with E-state index in [0.29, 0.717) is 38.7 Å². The number of sulfonamides is 1. The Bertz CT molecular complexity index is 1350. The second-order valence-corrected chi connectivity index (χ2v) is 14.4. The number of carboxylic acid groups (broad SMARTS) is 3. The van der Waals surface area contributed by atoms with E-state index in [1.54, 1.807) is 4.90 Å². The van der Waals surface area contributed by atoms with Gasteiger partial charge in [0, 0.05) is 53.5 Å². The lowest BCUT2D eigenvalue weighted by molar-refractivity contribution is -0.138. The topological polar surface area (TPSA) is 272 Å². The van der Waals surface area contributed by atoms with Gasteiger partial charge in [0.15, 0.2) is 5.96 Å². The highest BCUT2D eigenvalue weighted by Gasteiger charge is 2.34. The number of nitrogens with one attached hydrogen (secondary N) is 1. The van der Waals surface area contributed by atoms with Crippen molar-refractivity contribution in [1.29, 1.82) is 0 Å². The number of halogens is 3. The standard InChI is InChI=1S/C29H50F3N7O3S.3C2H4O2/c30-29(31,32)24-13-11-14-25(23-24)43(41,42)37-26(15-12-17-36-28(34)35)27(40)39-21-19-38(20-22-39)18-10-8-6-4-2-1-3-5-7-9-16-33;3*1-2(3)4/h11,13-14,23,26,37H,1-10,12,15-22,33H2,(H4,34,35,36);3*1H3,(H,3,4)/t26-;;;/m0.../s1. The lowest BCUT2D eigenvalue weighted by atomic mass is 10.1. The Hall–Kier alpha value is -4.01. The number of aliphatic imine (C=N–C) groups is 1. The molecule has 1 aromatic rings. The average Bonchev–Trinajstić information content (AvgIpc) is 3.07. The summed E-state index contributed by atoms with van der Waals surface area (Å²) in [7, 11) is -4.42. The van der Waals surface area contributed by atoms with Crippen molar-refractivity contribution in [3.05, 3.63) is 29.8 Å². The molecule has 20 heteroatoms. The number of hydrogen-bond donors (Lipinski definition) is 7. The molecule has 1 aliphatic heterocycles. The Morgan fingerprint density at radius 3 is 1.69 bits per heavy atom. The van der Waals surface area contributed by atoms with Crippen molar-refractivity contribution in [3.8, 4) is 0 Å². The highest BCUT2D eigenvalue weighted by atomic mass is 32.2. The third-order valence-corrected chi connectivity index (χ3v) is 9.09. The van der Waals surface area contributed by atoms with Gasteiger partial charge in [-0.05, 0) is 57.0 Å². The average molecular weight is 814 g/mol. The fourth-order valence-corrected chi connectivity index (χ4v) is 6.41. The molecule has 0 radical (unpaired) electrons. The van der Waals surface area contributed by atoms with Crippen LogP contribution in [0.4, 0.5) is 13.2 Å². The molecule has 318 valence electrons. The third kappa shape index (κ3) is 31.0. The Balaban J connectivity index is 0. The molecule has 1 atom stereocenters. The smallest absolute Gasteiger partial charge is 0.416 e. The summed E-state index contributed by atoms with van der Waals surface area (Å²) in [6, 6.07) is 2.29. The zero-order valence-corrected chi connectivity index (χ0v) is 33.0. The summed E-state index contributed by atoms with van der Waals surface area (Å²) < 4.78 is 68.0. The van der Waals surface area contributed by atoms with Gasteiger partial charge < -0.3 is 37.4 Å². The van der Waals surface area contributed by atoms with Crippen LogP contribution >= 0.6 is 0 Å². The Morgan fingerprint density at radius 1 is 0.800 bits per heavy atom. The summed E-state index contributed by atoms with van der Waals surface area (Å²) in [5, 5.41) is 22.2. The van der Waals surface area contributed by atoms with Crippen molar-refractivity contribution >= 4 is 39.8 Å². The molecule has 1 heterocycles. The van der Waals surface area contributed by atoms with E-state index in [0.717, 1.165) is 64.9 Å². The first-order valence-corrected chi connectivity index (χ1v) is 19.7. The molecule has 2 rings (SSSR count). The number of aliphatic carboxylic acids is 3. The third-order valence-electron chi connectivity index (χ3n) is 7.62. The number of rotatable bonds is 20. The molecule has 0 unspecified atom stereocenters. The normalized spacial score (nSPS) is 13.4. The van der Waals surface area contributed by atoms with E-state index in [-0.39, 0.29) is 18.9 Å². The number of guanidine groups is 1. The van der Waals surface area contributed by atoms with Crippen molar-refractivity contribution in [1.82, 2.24) is 14.5 Å². The molecule has 1 aliphatic rings. The second-order valence-electron chi connectivity index (χ2n) is 12.7. The number of piperazine rings is 1. The van der Waals surface area contributed by atoms with Crippen molar-refractivity contribution in [2.75, 3.05) is 45.8 Å². The van der Waals surface area contributed by atoms with E-state index in [2.05, 4.69) is 14.6 Å². The SMILES string of the molecule is CC(=O)O.CC(=O)O.CC(=O)O.NCCCCCCCCCCCCN1CCN(C(=O)[C@H](CCCN=C(N)N)NS(=O)(=O)c2cccc(C(F)(F)F)c2)CC1. The maximum absolute atomic E-state index is 13.4. The Labute approximate surface area is 322 Å². The zero-order chi connectivity index (χ0) is 42.5. The summed E-state index contributed by atoms with van der Waals surface area (Å²) in [6.45, 7) is 7.40. The number of nitrogens with two attached hydrogens (primary N) is 3. The van der Waals surface area contributed by atoms with E-state index in [4.69, 9.17) is 46.9 Å². The number of amides is 1. The number of benzene rings is 1. The van der Waals surface area contributed by atoms with Crippen LogP contribution in [0.1, 0.15) is 103 Å². The first-order valence-electron chi connectivity index (χ1n) is 18.2. The van der Waals surface area contributed by atoms with Crippen LogP contribution < -0.4 is 21.9 Å². The number of hydrogen-bond acceptors (Lipinski definition) is 9. The van der Waals surface area contributed by atoms with Gasteiger partial charge in [-0.25, -0.2) is 8.42 Å². The molecular weight excluding hydrogens is 751 g/mol. The van der Waals surface area contributed by atoms with Crippen LogP contribution in [0.25, 0.3) is 0 Å².